The van der Waals surface area contributed by atoms with Gasteiger partial charge >= 0.3 is 6.36 Å². The molecule has 2 aromatic rings. The van der Waals surface area contributed by atoms with E-state index in [2.05, 4.69) is 9.72 Å². The van der Waals surface area contributed by atoms with Gasteiger partial charge in [-0.2, -0.15) is 4.39 Å². The number of ether oxygens (including phenoxy) is 1. The lowest BCUT2D eigenvalue weighted by Crippen LogP contribution is -2.16. The van der Waals surface area contributed by atoms with E-state index in [0.717, 1.165) is 12.1 Å². The van der Waals surface area contributed by atoms with Crippen LogP contribution in [0.5, 0.6) is 5.75 Å². The summed E-state index contributed by atoms with van der Waals surface area (Å²) in [5, 5.41) is 9.14. The molecule has 7 heteroatoms. The molecule has 20 heavy (non-hydrogen) atoms. The molecule has 0 aliphatic carbocycles. The Hall–Kier alpha value is -2.15. The fourth-order valence-corrected chi connectivity index (χ4v) is 1.73. The number of hydrogen-bond donors (Lipinski definition) is 1. The van der Waals surface area contributed by atoms with Gasteiger partial charge in [-0.15, -0.1) is 13.2 Å². The Morgan fingerprint density at radius 1 is 1.10 bits per heavy atom. The SMILES string of the molecule is OCc1ccnc(F)c1-c1ccc(OC(F)(F)F)cc1. The van der Waals surface area contributed by atoms with Crippen molar-refractivity contribution in [2.45, 2.75) is 13.0 Å². The molecule has 0 spiro atoms. The standard InChI is InChI=1S/C13H9F4NO2/c14-12-11(9(7-19)5-6-18-12)8-1-3-10(4-2-8)20-13(15,16)17/h1-6,19H,7H2. The number of alkyl halides is 3. The largest absolute Gasteiger partial charge is 0.573 e. The van der Waals surface area contributed by atoms with Gasteiger partial charge in [0.15, 0.2) is 0 Å². The van der Waals surface area contributed by atoms with Crippen LogP contribution in [-0.2, 0) is 6.61 Å². The number of benzene rings is 1. The molecule has 0 saturated heterocycles. The fourth-order valence-electron chi connectivity index (χ4n) is 1.73. The number of nitrogens with zero attached hydrogens (tertiary/aromatic N) is 1. The van der Waals surface area contributed by atoms with Crippen LogP contribution in [0.15, 0.2) is 36.5 Å². The molecule has 0 amide bonds. The molecule has 0 bridgehead atoms. The van der Waals surface area contributed by atoms with Crippen LogP contribution in [0.2, 0.25) is 0 Å². The maximum absolute atomic E-state index is 13.7. The molecule has 0 atom stereocenters. The predicted octanol–water partition coefficient (Wildman–Crippen LogP) is 3.28. The van der Waals surface area contributed by atoms with E-state index in [0.29, 0.717) is 11.1 Å². The van der Waals surface area contributed by atoms with Crippen LogP contribution >= 0.6 is 0 Å². The zero-order chi connectivity index (χ0) is 14.8. The maximum atomic E-state index is 13.7. The van der Waals surface area contributed by atoms with E-state index in [9.17, 15) is 17.6 Å². The Balaban J connectivity index is 2.36. The zero-order valence-electron chi connectivity index (χ0n) is 9.99. The minimum absolute atomic E-state index is 0.0496. The molecular weight excluding hydrogens is 278 g/mol. The summed E-state index contributed by atoms with van der Waals surface area (Å²) in [4.78, 5) is 3.46. The molecule has 0 saturated carbocycles. The average Bonchev–Trinajstić information content (AvgIpc) is 2.38. The summed E-state index contributed by atoms with van der Waals surface area (Å²) in [5.74, 6) is -1.21. The van der Waals surface area contributed by atoms with Crippen LogP contribution in [-0.4, -0.2) is 16.5 Å². The number of halogens is 4. The van der Waals surface area contributed by atoms with Crippen molar-refractivity contribution in [3.8, 4) is 16.9 Å². The van der Waals surface area contributed by atoms with Gasteiger partial charge < -0.3 is 9.84 Å². The van der Waals surface area contributed by atoms with Crippen molar-refractivity contribution in [1.82, 2.24) is 4.98 Å². The summed E-state index contributed by atoms with van der Waals surface area (Å²) >= 11 is 0. The lowest BCUT2D eigenvalue weighted by molar-refractivity contribution is -0.274. The molecule has 0 radical (unpaired) electrons. The van der Waals surface area contributed by atoms with Crippen LogP contribution < -0.4 is 4.74 Å². The normalized spacial score (nSPS) is 11.4. The van der Waals surface area contributed by atoms with Gasteiger partial charge in [-0.1, -0.05) is 12.1 Å². The van der Waals surface area contributed by atoms with E-state index in [1.165, 1.54) is 24.4 Å². The Bertz CT molecular complexity index is 596. The number of aliphatic hydroxyl groups excluding tert-OH is 1. The molecule has 1 aromatic heterocycles. The number of rotatable bonds is 3. The molecule has 1 aromatic carbocycles. The van der Waals surface area contributed by atoms with E-state index < -0.39 is 24.7 Å². The zero-order valence-corrected chi connectivity index (χ0v) is 9.99. The van der Waals surface area contributed by atoms with Gasteiger partial charge in [0.2, 0.25) is 5.95 Å². The van der Waals surface area contributed by atoms with Crippen LogP contribution in [0.1, 0.15) is 5.56 Å². The highest BCUT2D eigenvalue weighted by Gasteiger charge is 2.31. The van der Waals surface area contributed by atoms with Crippen molar-refractivity contribution in [3.63, 3.8) is 0 Å². The van der Waals surface area contributed by atoms with Crippen LogP contribution in [0.25, 0.3) is 11.1 Å². The van der Waals surface area contributed by atoms with Gasteiger partial charge in [0.1, 0.15) is 5.75 Å². The molecule has 0 unspecified atom stereocenters. The number of pyridine rings is 1. The molecule has 106 valence electrons. The van der Waals surface area contributed by atoms with E-state index in [4.69, 9.17) is 5.11 Å². The van der Waals surface area contributed by atoms with Gasteiger partial charge in [-0.3, -0.25) is 0 Å². The predicted molar refractivity (Wildman–Crippen MR) is 62.2 cm³/mol. The van der Waals surface area contributed by atoms with Crippen molar-refractivity contribution < 1.29 is 27.4 Å². The summed E-state index contributed by atoms with van der Waals surface area (Å²) in [6.45, 7) is -0.407. The second-order valence-corrected chi connectivity index (χ2v) is 3.87. The first-order chi connectivity index (χ1) is 9.40. The number of aromatic nitrogens is 1. The monoisotopic (exact) mass is 287 g/mol. The second kappa shape index (κ2) is 5.46. The van der Waals surface area contributed by atoms with Gasteiger partial charge in [0.25, 0.3) is 0 Å². The Labute approximate surface area is 111 Å². The summed E-state index contributed by atoms with van der Waals surface area (Å²) < 4.78 is 53.4. The highest BCUT2D eigenvalue weighted by Crippen LogP contribution is 2.29. The third-order valence-corrected chi connectivity index (χ3v) is 2.54. The highest BCUT2D eigenvalue weighted by molar-refractivity contribution is 5.67. The summed E-state index contributed by atoms with van der Waals surface area (Å²) in [7, 11) is 0. The van der Waals surface area contributed by atoms with Crippen molar-refractivity contribution in [2.24, 2.45) is 0 Å². The second-order valence-electron chi connectivity index (χ2n) is 3.87. The molecule has 0 aliphatic heterocycles. The minimum Gasteiger partial charge on any atom is -0.406 e. The molecule has 0 aliphatic rings. The Kier molecular flexibility index (Phi) is 3.89. The molecule has 0 fully saturated rings. The van der Waals surface area contributed by atoms with Gasteiger partial charge in [-0.05, 0) is 29.3 Å². The number of aliphatic hydroxyl groups is 1. The van der Waals surface area contributed by atoms with Gasteiger partial charge in [0, 0.05) is 11.8 Å². The first-order valence-corrected chi connectivity index (χ1v) is 5.51. The lowest BCUT2D eigenvalue weighted by Gasteiger charge is -2.11. The van der Waals surface area contributed by atoms with E-state index in [1.807, 2.05) is 0 Å². The summed E-state index contributed by atoms with van der Waals surface area (Å²) in [6.07, 6.45) is -3.58. The summed E-state index contributed by atoms with van der Waals surface area (Å²) in [6, 6.07) is 6.09. The topological polar surface area (TPSA) is 42.4 Å². The van der Waals surface area contributed by atoms with Crippen LogP contribution in [0, 0.1) is 5.95 Å². The van der Waals surface area contributed by atoms with E-state index in [1.54, 1.807) is 0 Å². The van der Waals surface area contributed by atoms with Crippen molar-refractivity contribution >= 4 is 0 Å². The van der Waals surface area contributed by atoms with Crippen LogP contribution in [0.4, 0.5) is 17.6 Å². The van der Waals surface area contributed by atoms with E-state index >= 15 is 0 Å². The minimum atomic E-state index is -4.78. The highest BCUT2D eigenvalue weighted by atomic mass is 19.4. The molecule has 1 N–H and O–H groups in total. The van der Waals surface area contributed by atoms with E-state index in [-0.39, 0.29) is 5.56 Å². The van der Waals surface area contributed by atoms with Crippen molar-refractivity contribution in [1.29, 1.82) is 0 Å². The first-order valence-electron chi connectivity index (χ1n) is 5.51. The summed E-state index contributed by atoms with van der Waals surface area (Å²) in [5.41, 5.74) is 0.643. The fraction of sp³-hybridized carbons (Fsp3) is 0.154. The van der Waals surface area contributed by atoms with Gasteiger partial charge in [0.05, 0.1) is 6.61 Å². The number of hydrogen-bond acceptors (Lipinski definition) is 3. The lowest BCUT2D eigenvalue weighted by atomic mass is 10.0. The van der Waals surface area contributed by atoms with Gasteiger partial charge in [-0.25, -0.2) is 4.98 Å². The molecule has 2 rings (SSSR count). The Morgan fingerprint density at radius 2 is 1.75 bits per heavy atom. The van der Waals surface area contributed by atoms with Crippen LogP contribution in [0.3, 0.4) is 0 Å². The first kappa shape index (κ1) is 14.3. The molecule has 1 heterocycles. The maximum Gasteiger partial charge on any atom is 0.573 e. The quantitative estimate of drug-likeness (QED) is 0.696. The average molecular weight is 287 g/mol. The van der Waals surface area contributed by atoms with Crippen molar-refractivity contribution in [2.75, 3.05) is 0 Å². The molecule has 3 nitrogen and oxygen atoms in total. The molecular formula is C13H9F4NO2. The van der Waals surface area contributed by atoms with Crippen molar-refractivity contribution in [3.05, 3.63) is 48.0 Å². The Morgan fingerprint density at radius 3 is 2.30 bits per heavy atom. The third kappa shape index (κ3) is 3.24. The smallest absolute Gasteiger partial charge is 0.406 e. The third-order valence-electron chi connectivity index (χ3n) is 2.54.